The molecule has 0 bridgehead atoms. The molecule has 64 valence electrons. The van der Waals surface area contributed by atoms with Gasteiger partial charge >= 0.3 is 0 Å². The third-order valence-corrected chi connectivity index (χ3v) is 1.35. The standard InChI is InChI=1S/C6H13N2O2P/c7-4-2-1-3-5-8-6-11(9)10/h2,4,6,9-10H,1,3,5,7H2. The second-order valence-electron chi connectivity index (χ2n) is 1.91. The molecule has 0 aromatic carbocycles. The van der Waals surface area contributed by atoms with Gasteiger partial charge in [-0.3, -0.25) is 4.99 Å². The third-order valence-electron chi connectivity index (χ3n) is 0.979. The van der Waals surface area contributed by atoms with Crippen molar-refractivity contribution in [2.24, 2.45) is 10.7 Å². The maximum atomic E-state index is 8.39. The van der Waals surface area contributed by atoms with E-state index in [-0.39, 0.29) is 0 Å². The summed E-state index contributed by atoms with van der Waals surface area (Å²) in [6.07, 6.45) is 5.10. The van der Waals surface area contributed by atoms with Crippen molar-refractivity contribution in [2.75, 3.05) is 6.54 Å². The molecule has 0 unspecified atom stereocenters. The summed E-state index contributed by atoms with van der Waals surface area (Å²) >= 11 is 0. The van der Waals surface area contributed by atoms with Crippen molar-refractivity contribution < 1.29 is 9.79 Å². The van der Waals surface area contributed by atoms with E-state index in [1.54, 1.807) is 0 Å². The van der Waals surface area contributed by atoms with Crippen LogP contribution in [0, 0.1) is 0 Å². The molecule has 0 aromatic rings. The Morgan fingerprint density at radius 1 is 1.45 bits per heavy atom. The van der Waals surface area contributed by atoms with Crippen LogP contribution in [0.25, 0.3) is 0 Å². The molecule has 0 amide bonds. The molecule has 11 heavy (non-hydrogen) atoms. The van der Waals surface area contributed by atoms with Gasteiger partial charge < -0.3 is 15.5 Å². The van der Waals surface area contributed by atoms with Gasteiger partial charge in [-0.1, -0.05) is 6.08 Å². The second-order valence-corrected chi connectivity index (χ2v) is 2.78. The van der Waals surface area contributed by atoms with Crippen molar-refractivity contribution in [3.05, 3.63) is 12.3 Å². The Morgan fingerprint density at radius 3 is 2.73 bits per heavy atom. The Balaban J connectivity index is 3.14. The first-order chi connectivity index (χ1) is 5.27. The first-order valence-corrected chi connectivity index (χ1v) is 4.62. The number of allylic oxidation sites excluding steroid dienone is 1. The number of rotatable bonds is 5. The molecule has 0 radical (unpaired) electrons. The fraction of sp³-hybridized carbons (Fsp3) is 0.500. The van der Waals surface area contributed by atoms with Gasteiger partial charge in [0, 0.05) is 6.54 Å². The molecule has 5 heteroatoms. The third kappa shape index (κ3) is 9.56. The summed E-state index contributed by atoms with van der Waals surface area (Å²) in [6, 6.07) is 0. The van der Waals surface area contributed by atoms with Crippen LogP contribution < -0.4 is 5.73 Å². The first-order valence-electron chi connectivity index (χ1n) is 3.31. The van der Waals surface area contributed by atoms with Crippen molar-refractivity contribution in [3.63, 3.8) is 0 Å². The average molecular weight is 176 g/mol. The summed E-state index contributed by atoms with van der Waals surface area (Å²) in [7, 11) is -1.96. The van der Waals surface area contributed by atoms with Gasteiger partial charge in [0.1, 0.15) is 0 Å². The highest BCUT2D eigenvalue weighted by Crippen LogP contribution is 2.16. The number of hydrogen-bond donors (Lipinski definition) is 3. The van der Waals surface area contributed by atoms with E-state index in [0.29, 0.717) is 6.54 Å². The minimum Gasteiger partial charge on any atom is -0.405 e. The van der Waals surface area contributed by atoms with Gasteiger partial charge in [0.05, 0.1) is 5.96 Å². The van der Waals surface area contributed by atoms with Crippen LogP contribution in [0.2, 0.25) is 0 Å². The zero-order valence-electron chi connectivity index (χ0n) is 6.22. The van der Waals surface area contributed by atoms with Crippen LogP contribution in [0.15, 0.2) is 17.3 Å². The molecule has 0 aromatic heterocycles. The molecule has 4 nitrogen and oxygen atoms in total. The van der Waals surface area contributed by atoms with Crippen LogP contribution in [0.5, 0.6) is 0 Å². The van der Waals surface area contributed by atoms with Gasteiger partial charge in [0.15, 0.2) is 0 Å². The highest BCUT2D eigenvalue weighted by atomic mass is 31.2. The molecule has 0 saturated heterocycles. The maximum absolute atomic E-state index is 8.39. The number of nitrogens with two attached hydrogens (primary N) is 1. The van der Waals surface area contributed by atoms with Crippen LogP contribution in [-0.4, -0.2) is 22.3 Å². The van der Waals surface area contributed by atoms with Gasteiger partial charge in [-0.05, 0) is 19.0 Å². The number of unbranched alkanes of at least 4 members (excludes halogenated alkanes) is 1. The molecule has 0 aliphatic heterocycles. The zero-order chi connectivity index (χ0) is 8.53. The fourth-order valence-corrected chi connectivity index (χ4v) is 0.789. The van der Waals surface area contributed by atoms with Crippen molar-refractivity contribution in [1.29, 1.82) is 0 Å². The van der Waals surface area contributed by atoms with E-state index in [1.165, 1.54) is 12.2 Å². The first kappa shape index (κ1) is 10.6. The molecular weight excluding hydrogens is 163 g/mol. The Kier molecular flexibility index (Phi) is 7.36. The van der Waals surface area contributed by atoms with E-state index in [2.05, 4.69) is 4.99 Å². The number of aliphatic imine (C=N–C) groups is 1. The molecule has 0 aliphatic rings. The zero-order valence-corrected chi connectivity index (χ0v) is 7.11. The van der Waals surface area contributed by atoms with Crippen LogP contribution in [-0.2, 0) is 0 Å². The predicted octanol–water partition coefficient (Wildman–Crippen LogP) is 0.564. The molecular formula is C6H13N2O2P. The van der Waals surface area contributed by atoms with Crippen LogP contribution in [0.1, 0.15) is 12.8 Å². The second kappa shape index (κ2) is 7.66. The van der Waals surface area contributed by atoms with Crippen molar-refractivity contribution in [1.82, 2.24) is 0 Å². The fourth-order valence-electron chi connectivity index (χ4n) is 0.527. The molecule has 0 spiro atoms. The number of nitrogens with zero attached hydrogens (tertiary/aromatic N) is 1. The smallest absolute Gasteiger partial charge is 0.211 e. The van der Waals surface area contributed by atoms with E-state index in [9.17, 15) is 0 Å². The van der Waals surface area contributed by atoms with Crippen LogP contribution >= 0.6 is 8.38 Å². The highest BCUT2D eigenvalue weighted by Gasteiger charge is 1.87. The Bertz CT molecular complexity index is 137. The summed E-state index contributed by atoms with van der Waals surface area (Å²) in [4.78, 5) is 20.6. The average Bonchev–Trinajstić information content (AvgIpc) is 1.96. The lowest BCUT2D eigenvalue weighted by Crippen LogP contribution is -1.82. The molecule has 0 rings (SSSR count). The molecule has 4 N–H and O–H groups in total. The van der Waals surface area contributed by atoms with Gasteiger partial charge in [-0.15, -0.1) is 0 Å². The van der Waals surface area contributed by atoms with Crippen molar-refractivity contribution in [2.45, 2.75) is 12.8 Å². The van der Waals surface area contributed by atoms with E-state index in [4.69, 9.17) is 15.5 Å². The van der Waals surface area contributed by atoms with Crippen LogP contribution in [0.3, 0.4) is 0 Å². The summed E-state index contributed by atoms with van der Waals surface area (Å²) in [5.41, 5.74) is 5.10. The van der Waals surface area contributed by atoms with Crippen LogP contribution in [0.4, 0.5) is 0 Å². The largest absolute Gasteiger partial charge is 0.405 e. The highest BCUT2D eigenvalue weighted by molar-refractivity contribution is 7.61. The Hall–Kier alpha value is -0.440. The topological polar surface area (TPSA) is 78.8 Å². The lowest BCUT2D eigenvalue weighted by molar-refractivity contribution is 0.501. The monoisotopic (exact) mass is 176 g/mol. The van der Waals surface area contributed by atoms with Gasteiger partial charge in [0.25, 0.3) is 0 Å². The van der Waals surface area contributed by atoms with Crippen molar-refractivity contribution in [3.8, 4) is 0 Å². The summed E-state index contributed by atoms with van der Waals surface area (Å²) in [5.74, 6) is 1.17. The summed E-state index contributed by atoms with van der Waals surface area (Å²) in [6.45, 7) is 0.615. The Labute approximate surface area is 67.4 Å². The van der Waals surface area contributed by atoms with Gasteiger partial charge in [-0.2, -0.15) is 0 Å². The van der Waals surface area contributed by atoms with Crippen molar-refractivity contribution >= 4 is 14.3 Å². The van der Waals surface area contributed by atoms with E-state index >= 15 is 0 Å². The molecule has 0 atom stereocenters. The predicted molar refractivity (Wildman–Crippen MR) is 47.3 cm³/mol. The lowest BCUT2D eigenvalue weighted by Gasteiger charge is -1.91. The SMILES string of the molecule is NC=CCCCN=CP(O)O. The van der Waals surface area contributed by atoms with Gasteiger partial charge in [-0.25, -0.2) is 0 Å². The quantitative estimate of drug-likeness (QED) is 0.325. The molecule has 0 saturated carbocycles. The lowest BCUT2D eigenvalue weighted by atomic mass is 10.3. The maximum Gasteiger partial charge on any atom is 0.211 e. The van der Waals surface area contributed by atoms with E-state index in [0.717, 1.165) is 12.8 Å². The summed E-state index contributed by atoms with van der Waals surface area (Å²) in [5, 5.41) is 0. The van der Waals surface area contributed by atoms with E-state index in [1.807, 2.05) is 6.08 Å². The normalized spacial score (nSPS) is 12.3. The molecule has 0 heterocycles. The van der Waals surface area contributed by atoms with E-state index < -0.39 is 8.38 Å². The Morgan fingerprint density at radius 2 is 2.18 bits per heavy atom. The minimum absolute atomic E-state index is 0.615. The number of hydrogen-bond acceptors (Lipinski definition) is 4. The minimum atomic E-state index is -1.96. The molecule has 0 fully saturated rings. The van der Waals surface area contributed by atoms with Gasteiger partial charge in [0.2, 0.25) is 8.38 Å². The summed E-state index contributed by atoms with van der Waals surface area (Å²) < 4.78 is 0. The molecule has 0 aliphatic carbocycles.